The number of nitrogens with zero attached hydrogens (tertiary/aromatic N) is 1. The fourth-order valence-corrected chi connectivity index (χ4v) is 3.16. The van der Waals surface area contributed by atoms with Gasteiger partial charge in [-0.25, -0.2) is 4.79 Å². The molecule has 1 heterocycles. The lowest BCUT2D eigenvalue weighted by Gasteiger charge is -2.26. The van der Waals surface area contributed by atoms with Crippen molar-refractivity contribution < 1.29 is 24.2 Å². The van der Waals surface area contributed by atoms with E-state index in [2.05, 4.69) is 0 Å². The minimum absolute atomic E-state index is 0.143. The second-order valence-corrected chi connectivity index (χ2v) is 7.37. The molecule has 6 nitrogen and oxygen atoms in total. The van der Waals surface area contributed by atoms with Gasteiger partial charge in [-0.05, 0) is 57.2 Å². The van der Waals surface area contributed by atoms with Gasteiger partial charge < -0.3 is 19.5 Å². The third-order valence-corrected chi connectivity index (χ3v) is 4.42. The van der Waals surface area contributed by atoms with Gasteiger partial charge in [0.15, 0.2) is 0 Å². The van der Waals surface area contributed by atoms with Crippen molar-refractivity contribution >= 4 is 12.1 Å². The lowest BCUT2D eigenvalue weighted by Crippen LogP contribution is -2.37. The van der Waals surface area contributed by atoms with Crippen molar-refractivity contribution in [3.8, 4) is 5.75 Å². The molecule has 1 aliphatic heterocycles. The van der Waals surface area contributed by atoms with E-state index in [0.717, 1.165) is 11.3 Å². The minimum Gasteiger partial charge on any atom is -0.497 e. The zero-order valence-electron chi connectivity index (χ0n) is 15.3. The van der Waals surface area contributed by atoms with Crippen LogP contribution in [0.25, 0.3) is 0 Å². The van der Waals surface area contributed by atoms with E-state index in [1.807, 2.05) is 45.0 Å². The number of amides is 1. The Morgan fingerprint density at radius 3 is 2.24 bits per heavy atom. The van der Waals surface area contributed by atoms with Crippen molar-refractivity contribution in [3.05, 3.63) is 29.8 Å². The summed E-state index contributed by atoms with van der Waals surface area (Å²) >= 11 is 0. The van der Waals surface area contributed by atoms with Crippen molar-refractivity contribution in [2.45, 2.75) is 45.1 Å². The van der Waals surface area contributed by atoms with Gasteiger partial charge in [0.1, 0.15) is 11.4 Å². The number of hydrogen-bond donors (Lipinski definition) is 1. The molecule has 6 heteroatoms. The molecule has 0 saturated carbocycles. The Balaban J connectivity index is 2.16. The highest BCUT2D eigenvalue weighted by molar-refractivity contribution is 5.72. The summed E-state index contributed by atoms with van der Waals surface area (Å²) in [6, 6.07) is 7.49. The average Bonchev–Trinajstić information content (AvgIpc) is 2.76. The van der Waals surface area contributed by atoms with Crippen LogP contribution in [0.15, 0.2) is 24.3 Å². The van der Waals surface area contributed by atoms with E-state index in [4.69, 9.17) is 9.47 Å². The first-order valence-electron chi connectivity index (χ1n) is 8.56. The van der Waals surface area contributed by atoms with Crippen molar-refractivity contribution in [1.82, 2.24) is 4.90 Å². The van der Waals surface area contributed by atoms with Gasteiger partial charge in [0, 0.05) is 13.1 Å². The number of aliphatic carboxylic acids is 1. The molecule has 0 unspecified atom stereocenters. The summed E-state index contributed by atoms with van der Waals surface area (Å²) in [5.41, 5.74) is 0.393. The third kappa shape index (κ3) is 5.11. The Hall–Kier alpha value is -2.24. The van der Waals surface area contributed by atoms with Gasteiger partial charge in [0.2, 0.25) is 0 Å². The topological polar surface area (TPSA) is 76.1 Å². The fourth-order valence-electron chi connectivity index (χ4n) is 3.16. The number of benzene rings is 1. The van der Waals surface area contributed by atoms with E-state index in [0.29, 0.717) is 25.9 Å². The number of likely N-dealkylation sites (tertiary alicyclic amines) is 1. The summed E-state index contributed by atoms with van der Waals surface area (Å²) in [5, 5.41) is 9.65. The summed E-state index contributed by atoms with van der Waals surface area (Å²) < 4.78 is 10.6. The van der Waals surface area contributed by atoms with Crippen molar-refractivity contribution in [2.75, 3.05) is 20.2 Å². The van der Waals surface area contributed by atoms with Crippen LogP contribution in [0.1, 0.15) is 45.1 Å². The second-order valence-electron chi connectivity index (χ2n) is 7.37. The lowest BCUT2D eigenvalue weighted by molar-refractivity contribution is -0.142. The maximum atomic E-state index is 12.3. The zero-order valence-corrected chi connectivity index (χ0v) is 15.3. The maximum Gasteiger partial charge on any atom is 0.410 e. The smallest absolute Gasteiger partial charge is 0.410 e. The number of carboxylic acids is 1. The Morgan fingerprint density at radius 1 is 1.12 bits per heavy atom. The van der Waals surface area contributed by atoms with Crippen molar-refractivity contribution in [2.24, 2.45) is 5.92 Å². The lowest BCUT2D eigenvalue weighted by atomic mass is 9.82. The molecule has 1 fully saturated rings. The predicted octanol–water partition coefficient (Wildman–Crippen LogP) is 3.51. The van der Waals surface area contributed by atoms with E-state index in [-0.39, 0.29) is 12.0 Å². The second kappa shape index (κ2) is 7.76. The monoisotopic (exact) mass is 349 g/mol. The van der Waals surface area contributed by atoms with E-state index in [9.17, 15) is 14.7 Å². The molecule has 2 atom stereocenters. The highest BCUT2D eigenvalue weighted by atomic mass is 16.6. The number of hydrogen-bond acceptors (Lipinski definition) is 4. The number of rotatable bonds is 3. The van der Waals surface area contributed by atoms with E-state index in [1.165, 1.54) is 0 Å². The highest BCUT2D eigenvalue weighted by Gasteiger charge is 2.34. The molecule has 2 rings (SSSR count). The maximum absolute atomic E-state index is 12.3. The molecule has 0 radical (unpaired) electrons. The summed E-state index contributed by atoms with van der Waals surface area (Å²) in [5.74, 6) is -0.761. The molecule has 25 heavy (non-hydrogen) atoms. The van der Waals surface area contributed by atoms with Gasteiger partial charge in [-0.1, -0.05) is 12.1 Å². The number of carboxylic acid groups (broad SMARTS) is 1. The molecule has 138 valence electrons. The first kappa shape index (κ1) is 19.1. The normalized spacial score (nSPS) is 21.4. The largest absolute Gasteiger partial charge is 0.497 e. The molecule has 0 spiro atoms. The molecule has 1 aromatic rings. The van der Waals surface area contributed by atoms with Gasteiger partial charge in [-0.2, -0.15) is 0 Å². The molecular weight excluding hydrogens is 322 g/mol. The minimum atomic E-state index is -0.827. The van der Waals surface area contributed by atoms with Crippen LogP contribution in [-0.4, -0.2) is 47.9 Å². The number of carbonyl (C=O) groups is 2. The van der Waals surface area contributed by atoms with Gasteiger partial charge in [0.25, 0.3) is 0 Å². The van der Waals surface area contributed by atoms with Crippen LogP contribution < -0.4 is 4.74 Å². The standard InChI is InChI=1S/C19H27NO5/c1-19(2,3)25-18(23)20-11-9-15(16(10-12-20)17(21)22)13-5-7-14(24-4)8-6-13/h5-8,15-16H,9-12H2,1-4H3,(H,21,22)/t15-,16+/m1/s1. The molecule has 0 aliphatic carbocycles. The summed E-state index contributed by atoms with van der Waals surface area (Å²) in [4.78, 5) is 25.7. The van der Waals surface area contributed by atoms with Gasteiger partial charge in [-0.3, -0.25) is 4.79 Å². The Kier molecular flexibility index (Phi) is 5.93. The van der Waals surface area contributed by atoms with Gasteiger partial charge >= 0.3 is 12.1 Å². The van der Waals surface area contributed by atoms with Crippen LogP contribution in [0, 0.1) is 5.92 Å². The van der Waals surface area contributed by atoms with Crippen LogP contribution in [-0.2, 0) is 9.53 Å². The van der Waals surface area contributed by atoms with Crippen LogP contribution >= 0.6 is 0 Å². The molecule has 1 aliphatic rings. The average molecular weight is 349 g/mol. The van der Waals surface area contributed by atoms with Crippen LogP contribution in [0.4, 0.5) is 4.79 Å². The van der Waals surface area contributed by atoms with Crippen LogP contribution in [0.5, 0.6) is 5.75 Å². The Labute approximate surface area is 148 Å². The molecule has 0 bridgehead atoms. The molecule has 1 aromatic carbocycles. The van der Waals surface area contributed by atoms with Gasteiger partial charge in [0.05, 0.1) is 13.0 Å². The SMILES string of the molecule is COc1ccc([C@H]2CCN(C(=O)OC(C)(C)C)CC[C@@H]2C(=O)O)cc1. The first-order valence-corrected chi connectivity index (χ1v) is 8.56. The van der Waals surface area contributed by atoms with E-state index < -0.39 is 17.5 Å². The van der Waals surface area contributed by atoms with Gasteiger partial charge in [-0.15, -0.1) is 0 Å². The summed E-state index contributed by atoms with van der Waals surface area (Å²) in [6.07, 6.45) is 0.611. The molecule has 1 N–H and O–H groups in total. The fraction of sp³-hybridized carbons (Fsp3) is 0.579. The van der Waals surface area contributed by atoms with E-state index >= 15 is 0 Å². The first-order chi connectivity index (χ1) is 11.7. The molecule has 0 aromatic heterocycles. The number of carbonyl (C=O) groups excluding carboxylic acids is 1. The zero-order chi connectivity index (χ0) is 18.6. The number of methoxy groups -OCH3 is 1. The molecule has 1 saturated heterocycles. The molecule has 1 amide bonds. The third-order valence-electron chi connectivity index (χ3n) is 4.42. The summed E-state index contributed by atoms with van der Waals surface area (Å²) in [6.45, 7) is 6.34. The number of ether oxygens (including phenoxy) is 2. The Bertz CT molecular complexity index is 605. The van der Waals surface area contributed by atoms with Crippen LogP contribution in [0.3, 0.4) is 0 Å². The van der Waals surface area contributed by atoms with E-state index in [1.54, 1.807) is 12.0 Å². The van der Waals surface area contributed by atoms with Crippen molar-refractivity contribution in [3.63, 3.8) is 0 Å². The summed E-state index contributed by atoms with van der Waals surface area (Å²) in [7, 11) is 1.60. The molecular formula is C19H27NO5. The highest BCUT2D eigenvalue weighted by Crippen LogP contribution is 2.34. The quantitative estimate of drug-likeness (QED) is 0.904. The van der Waals surface area contributed by atoms with Crippen molar-refractivity contribution in [1.29, 1.82) is 0 Å². The van der Waals surface area contributed by atoms with Crippen LogP contribution in [0.2, 0.25) is 0 Å². The predicted molar refractivity (Wildman–Crippen MR) is 93.9 cm³/mol. The Morgan fingerprint density at radius 2 is 1.72 bits per heavy atom.